The van der Waals surface area contributed by atoms with Crippen molar-refractivity contribution in [1.29, 1.82) is 0 Å². The predicted molar refractivity (Wildman–Crippen MR) is 34.4 cm³/mol. The van der Waals surface area contributed by atoms with Crippen molar-refractivity contribution in [2.75, 3.05) is 14.2 Å². The van der Waals surface area contributed by atoms with E-state index in [0.29, 0.717) is 0 Å². The van der Waals surface area contributed by atoms with Gasteiger partial charge in [0.05, 0.1) is 7.11 Å². The van der Waals surface area contributed by atoms with Gasteiger partial charge in [-0.2, -0.15) is 0 Å². The average molecular weight is 115 g/mol. The average Bonchev–Trinajstić information content (AvgIpc) is 1.83. The Kier molecular flexibility index (Phi) is 4.13. The standard InChI is InChI=1S/C6H13NO/c1-4-6(8-3)5-7-2/h5,7H,4H2,1-3H3/b6-5+. The summed E-state index contributed by atoms with van der Waals surface area (Å²) in [6.45, 7) is 2.05. The van der Waals surface area contributed by atoms with Crippen molar-refractivity contribution in [3.8, 4) is 0 Å². The fourth-order valence-corrected chi connectivity index (χ4v) is 0.466. The summed E-state index contributed by atoms with van der Waals surface area (Å²) in [5.41, 5.74) is 0. The molecule has 0 atom stereocenters. The fraction of sp³-hybridized carbons (Fsp3) is 0.667. The van der Waals surface area contributed by atoms with E-state index in [1.54, 1.807) is 7.11 Å². The van der Waals surface area contributed by atoms with Crippen LogP contribution in [0.25, 0.3) is 0 Å². The molecule has 0 aromatic heterocycles. The maximum atomic E-state index is 4.94. The van der Waals surface area contributed by atoms with E-state index in [4.69, 9.17) is 4.74 Å². The molecule has 1 N–H and O–H groups in total. The molecular formula is C6H13NO. The van der Waals surface area contributed by atoms with Crippen LogP contribution in [0, 0.1) is 0 Å². The first kappa shape index (κ1) is 7.34. The second-order valence-electron chi connectivity index (χ2n) is 1.46. The molecule has 0 aromatic rings. The van der Waals surface area contributed by atoms with E-state index in [1.165, 1.54) is 0 Å². The second-order valence-corrected chi connectivity index (χ2v) is 1.46. The Morgan fingerprint density at radius 3 is 2.50 bits per heavy atom. The Bertz CT molecular complexity index is 72.6. The molecule has 0 saturated heterocycles. The van der Waals surface area contributed by atoms with Gasteiger partial charge in [-0.3, -0.25) is 0 Å². The topological polar surface area (TPSA) is 21.3 Å². The Balaban J connectivity index is 3.49. The summed E-state index contributed by atoms with van der Waals surface area (Å²) in [4.78, 5) is 0. The van der Waals surface area contributed by atoms with E-state index in [1.807, 2.05) is 20.2 Å². The smallest absolute Gasteiger partial charge is 0.111 e. The first-order valence-electron chi connectivity index (χ1n) is 2.75. The lowest BCUT2D eigenvalue weighted by molar-refractivity contribution is 0.278. The molecule has 0 amide bonds. The van der Waals surface area contributed by atoms with Gasteiger partial charge in [0, 0.05) is 19.7 Å². The lowest BCUT2D eigenvalue weighted by atomic mass is 10.4. The van der Waals surface area contributed by atoms with Crippen LogP contribution in [-0.2, 0) is 4.74 Å². The normalized spacial score (nSPS) is 11.1. The number of methoxy groups -OCH3 is 1. The summed E-state index contributed by atoms with van der Waals surface area (Å²) in [7, 11) is 3.53. The monoisotopic (exact) mass is 115 g/mol. The highest BCUT2D eigenvalue weighted by atomic mass is 16.5. The van der Waals surface area contributed by atoms with Crippen LogP contribution in [0.1, 0.15) is 13.3 Å². The first-order valence-corrected chi connectivity index (χ1v) is 2.75. The SMILES string of the molecule is CC/C(=C\NC)OC. The maximum Gasteiger partial charge on any atom is 0.111 e. The van der Waals surface area contributed by atoms with Gasteiger partial charge in [0.2, 0.25) is 0 Å². The lowest BCUT2D eigenvalue weighted by Crippen LogP contribution is -1.96. The number of hydrogen-bond donors (Lipinski definition) is 1. The summed E-state index contributed by atoms with van der Waals surface area (Å²) in [6.07, 6.45) is 2.79. The lowest BCUT2D eigenvalue weighted by Gasteiger charge is -1.99. The molecule has 48 valence electrons. The van der Waals surface area contributed by atoms with Crippen LogP contribution in [0.5, 0.6) is 0 Å². The Labute approximate surface area is 50.5 Å². The van der Waals surface area contributed by atoms with Gasteiger partial charge < -0.3 is 10.1 Å². The van der Waals surface area contributed by atoms with Crippen molar-refractivity contribution < 1.29 is 4.74 Å². The third-order valence-electron chi connectivity index (χ3n) is 0.916. The van der Waals surface area contributed by atoms with Crippen molar-refractivity contribution in [1.82, 2.24) is 5.32 Å². The Morgan fingerprint density at radius 1 is 1.75 bits per heavy atom. The van der Waals surface area contributed by atoms with Crippen molar-refractivity contribution in [3.63, 3.8) is 0 Å². The summed E-state index contributed by atoms with van der Waals surface area (Å²) < 4.78 is 4.94. The number of nitrogens with one attached hydrogen (secondary N) is 1. The minimum absolute atomic E-state index is 0.942. The molecule has 0 aromatic carbocycles. The third kappa shape index (κ3) is 2.50. The number of rotatable bonds is 3. The van der Waals surface area contributed by atoms with Gasteiger partial charge in [-0.25, -0.2) is 0 Å². The molecule has 0 spiro atoms. The molecule has 0 unspecified atom stereocenters. The summed E-state index contributed by atoms with van der Waals surface area (Å²) in [5.74, 6) is 0.979. The van der Waals surface area contributed by atoms with Crippen LogP contribution in [0.15, 0.2) is 12.0 Å². The van der Waals surface area contributed by atoms with E-state index in [0.717, 1.165) is 12.2 Å². The van der Waals surface area contributed by atoms with Gasteiger partial charge in [-0.05, 0) is 0 Å². The van der Waals surface area contributed by atoms with E-state index in [2.05, 4.69) is 5.32 Å². The minimum atomic E-state index is 0.942. The Hall–Kier alpha value is -0.660. The molecule has 8 heavy (non-hydrogen) atoms. The zero-order chi connectivity index (χ0) is 6.41. The zero-order valence-electron chi connectivity index (χ0n) is 5.69. The molecule has 2 heteroatoms. The van der Waals surface area contributed by atoms with Crippen molar-refractivity contribution in [3.05, 3.63) is 12.0 Å². The Morgan fingerprint density at radius 2 is 2.38 bits per heavy atom. The number of ether oxygens (including phenoxy) is 1. The van der Waals surface area contributed by atoms with Gasteiger partial charge in [-0.15, -0.1) is 0 Å². The third-order valence-corrected chi connectivity index (χ3v) is 0.916. The van der Waals surface area contributed by atoms with E-state index in [9.17, 15) is 0 Å². The molecular weight excluding hydrogens is 102 g/mol. The van der Waals surface area contributed by atoms with Gasteiger partial charge in [-0.1, -0.05) is 6.92 Å². The van der Waals surface area contributed by atoms with Crippen LogP contribution in [-0.4, -0.2) is 14.2 Å². The molecule has 0 aliphatic heterocycles. The molecule has 0 fully saturated rings. The minimum Gasteiger partial charge on any atom is -0.500 e. The van der Waals surface area contributed by atoms with E-state index < -0.39 is 0 Å². The van der Waals surface area contributed by atoms with E-state index >= 15 is 0 Å². The van der Waals surface area contributed by atoms with Gasteiger partial charge >= 0.3 is 0 Å². The molecule has 0 radical (unpaired) electrons. The van der Waals surface area contributed by atoms with Crippen LogP contribution in [0.3, 0.4) is 0 Å². The summed E-state index contributed by atoms with van der Waals surface area (Å²) >= 11 is 0. The zero-order valence-corrected chi connectivity index (χ0v) is 5.69. The molecule has 2 nitrogen and oxygen atoms in total. The summed E-state index contributed by atoms with van der Waals surface area (Å²) in [5, 5.41) is 2.88. The molecule has 0 saturated carbocycles. The highest BCUT2D eigenvalue weighted by Crippen LogP contribution is 1.96. The second kappa shape index (κ2) is 4.50. The van der Waals surface area contributed by atoms with Gasteiger partial charge in [0.15, 0.2) is 0 Å². The van der Waals surface area contributed by atoms with Crippen LogP contribution < -0.4 is 5.32 Å². The fourth-order valence-electron chi connectivity index (χ4n) is 0.466. The highest BCUT2D eigenvalue weighted by Gasteiger charge is 1.85. The van der Waals surface area contributed by atoms with Crippen molar-refractivity contribution in [2.45, 2.75) is 13.3 Å². The van der Waals surface area contributed by atoms with Gasteiger partial charge in [0.1, 0.15) is 5.76 Å². The van der Waals surface area contributed by atoms with E-state index in [-0.39, 0.29) is 0 Å². The van der Waals surface area contributed by atoms with Gasteiger partial charge in [0.25, 0.3) is 0 Å². The largest absolute Gasteiger partial charge is 0.500 e. The quantitative estimate of drug-likeness (QED) is 0.556. The molecule has 0 bridgehead atoms. The number of allylic oxidation sites excluding steroid dienone is 1. The molecule has 0 rings (SSSR count). The van der Waals surface area contributed by atoms with Crippen molar-refractivity contribution >= 4 is 0 Å². The molecule has 0 aliphatic carbocycles. The highest BCUT2D eigenvalue weighted by molar-refractivity contribution is 4.88. The molecule has 0 aliphatic rings. The first-order chi connectivity index (χ1) is 3.85. The molecule has 0 heterocycles. The van der Waals surface area contributed by atoms with Crippen LogP contribution in [0.2, 0.25) is 0 Å². The number of hydrogen-bond acceptors (Lipinski definition) is 2. The predicted octanol–water partition coefficient (Wildman–Crippen LogP) is 1.10. The maximum absolute atomic E-state index is 4.94. The van der Waals surface area contributed by atoms with Crippen LogP contribution >= 0.6 is 0 Å². The summed E-state index contributed by atoms with van der Waals surface area (Å²) in [6, 6.07) is 0. The van der Waals surface area contributed by atoms with Crippen molar-refractivity contribution in [2.24, 2.45) is 0 Å². The van der Waals surface area contributed by atoms with Crippen LogP contribution in [0.4, 0.5) is 0 Å².